The highest BCUT2D eigenvalue weighted by atomic mass is 32.2. The number of esters is 2. The Morgan fingerprint density at radius 1 is 1.20 bits per heavy atom. The second-order valence-electron chi connectivity index (χ2n) is 7.53. The van der Waals surface area contributed by atoms with Gasteiger partial charge in [-0.05, 0) is 6.42 Å². The van der Waals surface area contributed by atoms with E-state index in [2.05, 4.69) is 11.3 Å². The summed E-state index contributed by atoms with van der Waals surface area (Å²) in [5.74, 6) is -1.85. The Kier molecular flexibility index (Phi) is 4.67. The van der Waals surface area contributed by atoms with Gasteiger partial charge in [-0.3, -0.25) is 13.8 Å². The van der Waals surface area contributed by atoms with Crippen LogP contribution >= 0.6 is 0 Å². The largest absolute Gasteiger partial charge is 0.468 e. The number of hydrogen-bond acceptors (Lipinski definition) is 12. The van der Waals surface area contributed by atoms with Crippen LogP contribution in [-0.2, 0) is 57.2 Å². The van der Waals surface area contributed by atoms with Gasteiger partial charge in [0.05, 0.1) is 12.0 Å². The minimum Gasteiger partial charge on any atom is -0.468 e. The summed E-state index contributed by atoms with van der Waals surface area (Å²) in [4.78, 5) is 44.7. The van der Waals surface area contributed by atoms with E-state index in [1.54, 1.807) is 0 Å². The molecule has 1 saturated carbocycles. The number of hydrogen-bond donors (Lipinski definition) is 0. The number of ether oxygens (including phenoxy) is 5. The number of carbonyl (C=O) groups excluding carboxylic acids is 4. The Morgan fingerprint density at radius 2 is 1.93 bits per heavy atom. The predicted octanol–water partition coefficient (Wildman–Crippen LogP) is -1.63. The van der Waals surface area contributed by atoms with Crippen LogP contribution in [0.1, 0.15) is 12.8 Å². The van der Waals surface area contributed by atoms with Gasteiger partial charge in [-0.2, -0.15) is 8.42 Å². The van der Waals surface area contributed by atoms with Crippen molar-refractivity contribution in [3.05, 3.63) is 12.7 Å². The SMILES string of the molecule is C=CC(=O)OCC(=O)OC1C2C34OC1(CCOC=O)CC3(COC=O)C4OS2(=O)=O. The number of fused-ring (bicyclic) bond motifs is 2. The van der Waals surface area contributed by atoms with Crippen molar-refractivity contribution in [1.29, 1.82) is 0 Å². The zero-order valence-corrected chi connectivity index (χ0v) is 16.3. The molecule has 0 aromatic carbocycles. The molecule has 4 rings (SSSR count). The molecule has 4 aliphatic rings. The Hall–Kier alpha value is -2.51. The van der Waals surface area contributed by atoms with E-state index in [4.69, 9.17) is 23.1 Å². The molecule has 3 aliphatic heterocycles. The first-order valence-corrected chi connectivity index (χ1v) is 10.4. The van der Waals surface area contributed by atoms with Gasteiger partial charge >= 0.3 is 11.9 Å². The molecule has 30 heavy (non-hydrogen) atoms. The van der Waals surface area contributed by atoms with Crippen molar-refractivity contribution >= 4 is 35.0 Å². The van der Waals surface area contributed by atoms with E-state index >= 15 is 0 Å². The quantitative estimate of drug-likeness (QED) is 0.0892. The summed E-state index contributed by atoms with van der Waals surface area (Å²) in [7, 11) is -4.18. The van der Waals surface area contributed by atoms with Gasteiger partial charge in [0, 0.05) is 12.5 Å². The normalized spacial score (nSPS) is 40.7. The molecule has 6 unspecified atom stereocenters. The molecule has 3 heterocycles. The molecule has 0 aromatic rings. The van der Waals surface area contributed by atoms with Crippen LogP contribution in [0.3, 0.4) is 0 Å². The molecule has 0 aromatic heterocycles. The van der Waals surface area contributed by atoms with Crippen LogP contribution in [0.25, 0.3) is 0 Å². The van der Waals surface area contributed by atoms with E-state index in [0.29, 0.717) is 0 Å². The molecule has 6 atom stereocenters. The molecule has 164 valence electrons. The molecule has 0 radical (unpaired) electrons. The maximum atomic E-state index is 12.6. The van der Waals surface area contributed by atoms with Crippen molar-refractivity contribution in [2.24, 2.45) is 5.41 Å². The first kappa shape index (κ1) is 20.8. The molecular weight excluding hydrogens is 428 g/mol. The van der Waals surface area contributed by atoms with Crippen molar-refractivity contribution in [2.45, 2.75) is 41.5 Å². The lowest BCUT2D eigenvalue weighted by atomic mass is 9.76. The summed E-state index contributed by atoms with van der Waals surface area (Å²) in [6.45, 7) is 2.65. The van der Waals surface area contributed by atoms with Crippen LogP contribution in [0.5, 0.6) is 0 Å². The van der Waals surface area contributed by atoms with Crippen molar-refractivity contribution < 1.29 is 55.5 Å². The topological polar surface area (TPSA) is 158 Å². The van der Waals surface area contributed by atoms with Gasteiger partial charge in [0.25, 0.3) is 23.1 Å². The lowest BCUT2D eigenvalue weighted by molar-refractivity contribution is -0.171. The zero-order chi connectivity index (χ0) is 21.8. The fourth-order valence-corrected chi connectivity index (χ4v) is 7.39. The van der Waals surface area contributed by atoms with E-state index in [1.165, 1.54) is 0 Å². The van der Waals surface area contributed by atoms with Crippen LogP contribution in [0, 0.1) is 5.41 Å². The average Bonchev–Trinajstić information content (AvgIpc) is 2.98. The van der Waals surface area contributed by atoms with Crippen molar-refractivity contribution in [3.63, 3.8) is 0 Å². The van der Waals surface area contributed by atoms with Gasteiger partial charge < -0.3 is 23.7 Å². The maximum absolute atomic E-state index is 12.6. The minimum atomic E-state index is -4.18. The van der Waals surface area contributed by atoms with E-state index in [9.17, 15) is 27.6 Å². The first-order valence-electron chi connectivity index (χ1n) is 8.94. The lowest BCUT2D eigenvalue weighted by Gasteiger charge is -2.38. The van der Waals surface area contributed by atoms with Gasteiger partial charge in [-0.1, -0.05) is 6.58 Å². The highest BCUT2D eigenvalue weighted by molar-refractivity contribution is 7.87. The van der Waals surface area contributed by atoms with E-state index in [-0.39, 0.29) is 39.0 Å². The average molecular weight is 446 g/mol. The molecular formula is C17H18O12S. The molecule has 3 saturated heterocycles. The zero-order valence-electron chi connectivity index (χ0n) is 15.5. The maximum Gasteiger partial charge on any atom is 0.344 e. The van der Waals surface area contributed by atoms with E-state index in [0.717, 1.165) is 6.08 Å². The van der Waals surface area contributed by atoms with E-state index < -0.39 is 62.7 Å². The monoisotopic (exact) mass is 446 g/mol. The Balaban J connectivity index is 1.62. The standard InChI is InChI=1S/C17H18O12S/c1-2-10(20)26-5-11(21)27-12-13-17-14(28-30(13,22)23)15(17,7-25-9-19)6-16(12,29-17)3-4-24-8-18/h2,8-9,12-14H,1,3-7H2. The second kappa shape index (κ2) is 6.75. The molecule has 1 spiro atoms. The predicted molar refractivity (Wildman–Crippen MR) is 90.9 cm³/mol. The van der Waals surface area contributed by atoms with Crippen LogP contribution < -0.4 is 0 Å². The molecule has 2 bridgehead atoms. The van der Waals surface area contributed by atoms with Crippen molar-refractivity contribution in [2.75, 3.05) is 19.8 Å². The van der Waals surface area contributed by atoms with Gasteiger partial charge in [-0.15, -0.1) is 0 Å². The van der Waals surface area contributed by atoms with Gasteiger partial charge in [0.2, 0.25) is 0 Å². The van der Waals surface area contributed by atoms with Crippen LogP contribution in [0.2, 0.25) is 0 Å². The molecule has 1 aliphatic carbocycles. The highest BCUT2D eigenvalue weighted by Gasteiger charge is 3.01. The third kappa shape index (κ3) is 2.55. The van der Waals surface area contributed by atoms with Gasteiger partial charge in [0.15, 0.2) is 18.0 Å². The smallest absolute Gasteiger partial charge is 0.344 e. The lowest BCUT2D eigenvalue weighted by Crippen LogP contribution is -2.55. The third-order valence-corrected chi connectivity index (χ3v) is 7.89. The van der Waals surface area contributed by atoms with Crippen LogP contribution in [-0.4, -0.2) is 81.8 Å². The van der Waals surface area contributed by atoms with Crippen LogP contribution in [0.4, 0.5) is 0 Å². The third-order valence-electron chi connectivity index (χ3n) is 6.21. The fourth-order valence-electron chi connectivity index (χ4n) is 5.23. The molecule has 4 fully saturated rings. The number of carbonyl (C=O) groups is 4. The van der Waals surface area contributed by atoms with E-state index in [1.807, 2.05) is 0 Å². The van der Waals surface area contributed by atoms with Gasteiger partial charge in [0.1, 0.15) is 23.9 Å². The Morgan fingerprint density at radius 3 is 2.60 bits per heavy atom. The summed E-state index contributed by atoms with van der Waals surface area (Å²) >= 11 is 0. The fraction of sp³-hybridized carbons (Fsp3) is 0.647. The first-order chi connectivity index (χ1) is 14.2. The Bertz CT molecular complexity index is 914. The summed E-state index contributed by atoms with van der Waals surface area (Å²) < 4.78 is 56.3. The second-order valence-corrected chi connectivity index (χ2v) is 9.21. The molecule has 0 N–H and O–H groups in total. The van der Waals surface area contributed by atoms with Crippen molar-refractivity contribution in [3.8, 4) is 0 Å². The highest BCUT2D eigenvalue weighted by Crippen LogP contribution is 2.82. The molecule has 0 amide bonds. The molecule has 12 nitrogen and oxygen atoms in total. The summed E-state index contributed by atoms with van der Waals surface area (Å²) in [6.07, 6.45) is -1.15. The summed E-state index contributed by atoms with van der Waals surface area (Å²) in [5.41, 5.74) is -3.58. The van der Waals surface area contributed by atoms with Crippen molar-refractivity contribution in [1.82, 2.24) is 0 Å². The van der Waals surface area contributed by atoms with Crippen LogP contribution in [0.15, 0.2) is 12.7 Å². The van der Waals surface area contributed by atoms with Gasteiger partial charge in [-0.25, -0.2) is 9.59 Å². The number of rotatable bonds is 11. The minimum absolute atomic E-state index is 0.0272. The molecule has 13 heteroatoms. The summed E-state index contributed by atoms with van der Waals surface area (Å²) in [5, 5.41) is -1.37. The Labute approximate surface area is 170 Å². The summed E-state index contributed by atoms with van der Waals surface area (Å²) in [6, 6.07) is 0.